The van der Waals surface area contributed by atoms with Crippen molar-refractivity contribution >= 4 is 11.6 Å². The van der Waals surface area contributed by atoms with Crippen molar-refractivity contribution in [2.24, 2.45) is 0 Å². The van der Waals surface area contributed by atoms with Crippen LogP contribution in [0.4, 0.5) is 5.69 Å². The van der Waals surface area contributed by atoms with E-state index in [1.54, 1.807) is 24.3 Å². The molecule has 1 amide bonds. The van der Waals surface area contributed by atoms with Crippen molar-refractivity contribution in [3.05, 3.63) is 29.8 Å². The Bertz CT molecular complexity index is 551. The lowest BCUT2D eigenvalue weighted by atomic mass is 10.1. The highest BCUT2D eigenvalue weighted by atomic mass is 16.2. The van der Waals surface area contributed by atoms with Crippen LogP contribution in [0.1, 0.15) is 32.8 Å². The number of amides is 1. The predicted molar refractivity (Wildman–Crippen MR) is 81.3 cm³/mol. The maximum absolute atomic E-state index is 12.3. The van der Waals surface area contributed by atoms with Crippen LogP contribution in [0.15, 0.2) is 24.3 Å². The van der Waals surface area contributed by atoms with Crippen molar-refractivity contribution in [2.75, 3.05) is 11.9 Å². The zero-order chi connectivity index (χ0) is 15.8. The number of benzene rings is 1. The van der Waals surface area contributed by atoms with Gasteiger partial charge in [-0.1, -0.05) is 0 Å². The highest BCUT2D eigenvalue weighted by molar-refractivity contribution is 5.94. The van der Waals surface area contributed by atoms with E-state index in [4.69, 9.17) is 10.5 Å². The van der Waals surface area contributed by atoms with Gasteiger partial charge in [0.15, 0.2) is 0 Å². The molecule has 0 fully saturated rings. The second kappa shape index (κ2) is 8.04. The number of nitrogens with one attached hydrogen (secondary N) is 1. The van der Waals surface area contributed by atoms with Crippen LogP contribution < -0.4 is 5.32 Å². The number of carbonyl (C=O) groups excluding carboxylic acids is 1. The summed E-state index contributed by atoms with van der Waals surface area (Å²) in [6, 6.07) is 10.7. The zero-order valence-electron chi connectivity index (χ0n) is 12.6. The number of carbonyl (C=O) groups is 1. The maximum Gasteiger partial charge on any atom is 0.241 e. The molecule has 0 aromatic heterocycles. The van der Waals surface area contributed by atoms with E-state index in [0.717, 1.165) is 0 Å². The number of nitriles is 2. The Balaban J connectivity index is 2.71. The normalized spacial score (nSPS) is 11.8. The minimum absolute atomic E-state index is 0.119. The van der Waals surface area contributed by atoms with Crippen molar-refractivity contribution in [1.29, 1.82) is 10.5 Å². The quantitative estimate of drug-likeness (QED) is 0.870. The first kappa shape index (κ1) is 16.7. The van der Waals surface area contributed by atoms with Gasteiger partial charge < -0.3 is 5.32 Å². The molecular weight excluding hydrogens is 264 g/mol. The summed E-state index contributed by atoms with van der Waals surface area (Å²) in [5, 5.41) is 20.3. The smallest absolute Gasteiger partial charge is 0.241 e. The molecule has 0 saturated heterocycles. The summed E-state index contributed by atoms with van der Waals surface area (Å²) in [6.45, 7) is 6.40. The van der Waals surface area contributed by atoms with Crippen molar-refractivity contribution in [1.82, 2.24) is 4.90 Å². The van der Waals surface area contributed by atoms with E-state index in [1.807, 2.05) is 31.7 Å². The lowest BCUT2D eigenvalue weighted by Crippen LogP contribution is -2.46. The second-order valence-electron chi connectivity index (χ2n) is 5.09. The SMILES string of the molecule is CC(C)N(CCC#N)C(C)C(=O)Nc1ccc(C#N)cc1. The van der Waals surface area contributed by atoms with Crippen LogP contribution in [0, 0.1) is 22.7 Å². The Morgan fingerprint density at radius 2 is 1.86 bits per heavy atom. The van der Waals surface area contributed by atoms with Crippen molar-refractivity contribution in [3.8, 4) is 12.1 Å². The first-order chi connectivity index (χ1) is 9.99. The summed E-state index contributed by atoms with van der Waals surface area (Å²) in [7, 11) is 0. The number of nitrogens with zero attached hydrogens (tertiary/aromatic N) is 3. The number of rotatable bonds is 6. The lowest BCUT2D eigenvalue weighted by Gasteiger charge is -2.31. The summed E-state index contributed by atoms with van der Waals surface area (Å²) in [5.41, 5.74) is 1.22. The molecule has 0 aliphatic heterocycles. The van der Waals surface area contributed by atoms with Gasteiger partial charge in [-0.3, -0.25) is 9.69 Å². The van der Waals surface area contributed by atoms with Gasteiger partial charge in [-0.2, -0.15) is 10.5 Å². The molecular formula is C16H20N4O. The Kier molecular flexibility index (Phi) is 6.39. The van der Waals surface area contributed by atoms with E-state index in [0.29, 0.717) is 24.2 Å². The third kappa shape index (κ3) is 4.91. The summed E-state index contributed by atoms with van der Waals surface area (Å²) in [4.78, 5) is 14.3. The molecule has 1 N–H and O–H groups in total. The third-order valence-electron chi connectivity index (χ3n) is 3.30. The standard InChI is InChI=1S/C16H20N4O/c1-12(2)20(10-4-9-17)13(3)16(21)19-15-7-5-14(11-18)6-8-15/h5-8,12-13H,4,10H2,1-3H3,(H,19,21). The Morgan fingerprint density at radius 1 is 1.24 bits per heavy atom. The Labute approximate surface area is 125 Å². The first-order valence-electron chi connectivity index (χ1n) is 6.93. The summed E-state index contributed by atoms with van der Waals surface area (Å²) in [5.74, 6) is -0.119. The van der Waals surface area contributed by atoms with Crippen molar-refractivity contribution in [3.63, 3.8) is 0 Å². The topological polar surface area (TPSA) is 79.9 Å². The predicted octanol–water partition coefficient (Wildman–Crippen LogP) is 2.51. The van der Waals surface area contributed by atoms with E-state index >= 15 is 0 Å². The average Bonchev–Trinajstić information content (AvgIpc) is 2.47. The van der Waals surface area contributed by atoms with Crippen molar-refractivity contribution < 1.29 is 4.79 Å². The molecule has 0 spiro atoms. The summed E-state index contributed by atoms with van der Waals surface area (Å²) < 4.78 is 0. The first-order valence-corrected chi connectivity index (χ1v) is 6.93. The van der Waals surface area contributed by atoms with Crippen LogP contribution in [-0.2, 0) is 4.79 Å². The van der Waals surface area contributed by atoms with Gasteiger partial charge in [0.25, 0.3) is 0 Å². The molecule has 5 nitrogen and oxygen atoms in total. The zero-order valence-corrected chi connectivity index (χ0v) is 12.6. The van der Waals surface area contributed by atoms with Crippen LogP contribution in [0.2, 0.25) is 0 Å². The highest BCUT2D eigenvalue weighted by Crippen LogP contribution is 2.12. The molecule has 5 heteroatoms. The molecule has 0 radical (unpaired) electrons. The average molecular weight is 284 g/mol. The van der Waals surface area contributed by atoms with Crippen LogP contribution in [0.3, 0.4) is 0 Å². The number of hydrogen-bond acceptors (Lipinski definition) is 4. The Hall–Kier alpha value is -2.37. The minimum atomic E-state index is -0.325. The van der Waals surface area contributed by atoms with Gasteiger partial charge in [-0.25, -0.2) is 0 Å². The van der Waals surface area contributed by atoms with E-state index < -0.39 is 0 Å². The largest absolute Gasteiger partial charge is 0.325 e. The molecule has 0 aliphatic carbocycles. The summed E-state index contributed by atoms with van der Waals surface area (Å²) >= 11 is 0. The Morgan fingerprint density at radius 3 is 2.33 bits per heavy atom. The van der Waals surface area contributed by atoms with Crippen LogP contribution in [-0.4, -0.2) is 29.4 Å². The summed E-state index contributed by atoms with van der Waals surface area (Å²) in [6.07, 6.45) is 0.396. The van der Waals surface area contributed by atoms with Gasteiger partial charge in [-0.05, 0) is 45.0 Å². The molecule has 0 aliphatic rings. The number of anilines is 1. The van der Waals surface area contributed by atoms with Crippen LogP contribution in [0.5, 0.6) is 0 Å². The highest BCUT2D eigenvalue weighted by Gasteiger charge is 2.23. The fraction of sp³-hybridized carbons (Fsp3) is 0.438. The maximum atomic E-state index is 12.3. The van der Waals surface area contributed by atoms with Gasteiger partial charge in [0.05, 0.1) is 23.7 Å². The van der Waals surface area contributed by atoms with E-state index in [2.05, 4.69) is 11.4 Å². The van der Waals surface area contributed by atoms with Crippen molar-refractivity contribution in [2.45, 2.75) is 39.3 Å². The monoisotopic (exact) mass is 284 g/mol. The molecule has 110 valence electrons. The van der Waals surface area contributed by atoms with Crippen LogP contribution >= 0.6 is 0 Å². The molecule has 0 heterocycles. The molecule has 1 aromatic rings. The number of hydrogen-bond donors (Lipinski definition) is 1. The van der Waals surface area contributed by atoms with E-state index in [1.165, 1.54) is 0 Å². The molecule has 21 heavy (non-hydrogen) atoms. The van der Waals surface area contributed by atoms with Gasteiger partial charge in [0.2, 0.25) is 5.91 Å². The second-order valence-corrected chi connectivity index (χ2v) is 5.09. The lowest BCUT2D eigenvalue weighted by molar-refractivity contribution is -0.121. The van der Waals surface area contributed by atoms with Crippen LogP contribution in [0.25, 0.3) is 0 Å². The minimum Gasteiger partial charge on any atom is -0.325 e. The molecule has 1 aromatic carbocycles. The molecule has 0 bridgehead atoms. The van der Waals surface area contributed by atoms with Gasteiger partial charge in [0.1, 0.15) is 0 Å². The van der Waals surface area contributed by atoms with E-state index in [-0.39, 0.29) is 18.0 Å². The van der Waals surface area contributed by atoms with Gasteiger partial charge in [0, 0.05) is 24.7 Å². The fourth-order valence-corrected chi connectivity index (χ4v) is 2.10. The molecule has 1 atom stereocenters. The molecule has 1 unspecified atom stereocenters. The van der Waals surface area contributed by atoms with Gasteiger partial charge >= 0.3 is 0 Å². The molecule has 0 saturated carbocycles. The molecule has 1 rings (SSSR count). The van der Waals surface area contributed by atoms with E-state index in [9.17, 15) is 4.79 Å². The fourth-order valence-electron chi connectivity index (χ4n) is 2.10. The third-order valence-corrected chi connectivity index (χ3v) is 3.30. The van der Waals surface area contributed by atoms with Gasteiger partial charge in [-0.15, -0.1) is 0 Å².